The molecule has 3 rings (SSSR count). The molecule has 1 aromatic carbocycles. The number of fused-ring (bicyclic) bond motifs is 2. The summed E-state index contributed by atoms with van der Waals surface area (Å²) in [5, 5.41) is 10.4. The lowest BCUT2D eigenvalue weighted by Crippen LogP contribution is -2.43. The Kier molecular flexibility index (Phi) is 2.09. The van der Waals surface area contributed by atoms with Crippen LogP contribution in [0.3, 0.4) is 0 Å². The highest BCUT2D eigenvalue weighted by atomic mass is 16.6. The molecule has 82 valence electrons. The fourth-order valence-corrected chi connectivity index (χ4v) is 1.95. The Hall–Kier alpha value is -1.58. The fraction of sp³-hybridized carbons (Fsp3) is 0.231. The van der Waals surface area contributed by atoms with Crippen molar-refractivity contribution in [2.75, 3.05) is 13.2 Å². The van der Waals surface area contributed by atoms with Gasteiger partial charge in [-0.1, -0.05) is 30.4 Å². The van der Waals surface area contributed by atoms with Crippen LogP contribution in [0.5, 0.6) is 5.75 Å². The molecular formula is C13H12O3. The molecule has 0 aromatic heterocycles. The molecule has 1 unspecified atom stereocenters. The third-order valence-corrected chi connectivity index (χ3v) is 2.77. The van der Waals surface area contributed by atoms with E-state index in [2.05, 4.69) is 0 Å². The van der Waals surface area contributed by atoms with E-state index < -0.39 is 5.79 Å². The van der Waals surface area contributed by atoms with Gasteiger partial charge in [0.25, 0.3) is 5.79 Å². The highest BCUT2D eigenvalue weighted by Crippen LogP contribution is 2.35. The average molecular weight is 216 g/mol. The molecule has 0 saturated carbocycles. The highest BCUT2D eigenvalue weighted by Gasteiger charge is 2.37. The lowest BCUT2D eigenvalue weighted by Gasteiger charge is -2.32. The lowest BCUT2D eigenvalue weighted by molar-refractivity contribution is -0.143. The molecule has 0 bridgehead atoms. The maximum atomic E-state index is 10.4. The quantitative estimate of drug-likeness (QED) is 0.718. The first-order valence-electron chi connectivity index (χ1n) is 5.25. The summed E-state index contributed by atoms with van der Waals surface area (Å²) in [6, 6.07) is 7.63. The lowest BCUT2D eigenvalue weighted by atomic mass is 9.99. The number of hydrogen-bond donors (Lipinski definition) is 1. The zero-order chi connectivity index (χ0) is 11.0. The second-order valence-electron chi connectivity index (χ2n) is 3.94. The molecule has 2 aliphatic rings. The molecule has 0 radical (unpaired) electrons. The first kappa shape index (κ1) is 9.63. The van der Waals surface area contributed by atoms with E-state index in [0.29, 0.717) is 12.4 Å². The Morgan fingerprint density at radius 2 is 2.12 bits per heavy atom. The number of hydrogen-bond acceptors (Lipinski definition) is 3. The van der Waals surface area contributed by atoms with Crippen LogP contribution in [0.15, 0.2) is 42.0 Å². The minimum atomic E-state index is -1.35. The van der Waals surface area contributed by atoms with Crippen molar-refractivity contribution in [3.63, 3.8) is 0 Å². The van der Waals surface area contributed by atoms with Crippen molar-refractivity contribution in [3.8, 4) is 5.75 Å². The molecule has 2 heterocycles. The van der Waals surface area contributed by atoms with E-state index in [1.54, 1.807) is 0 Å². The van der Waals surface area contributed by atoms with Crippen LogP contribution in [0.25, 0.3) is 6.08 Å². The standard InChI is InChI=1S/C13H12O3/c14-13-9-15-7-3-5-11(13)8-10-4-1-2-6-12(10)16-13/h1-6,8,14H,7,9H2. The molecular weight excluding hydrogens is 204 g/mol. The Balaban J connectivity index is 2.12. The predicted molar refractivity (Wildman–Crippen MR) is 60.0 cm³/mol. The second-order valence-corrected chi connectivity index (χ2v) is 3.94. The molecule has 1 aromatic rings. The van der Waals surface area contributed by atoms with E-state index in [9.17, 15) is 5.11 Å². The summed E-state index contributed by atoms with van der Waals surface area (Å²) < 4.78 is 10.9. The van der Waals surface area contributed by atoms with Crippen LogP contribution >= 0.6 is 0 Å². The van der Waals surface area contributed by atoms with Crippen LogP contribution in [0.2, 0.25) is 0 Å². The van der Waals surface area contributed by atoms with Crippen LogP contribution < -0.4 is 4.74 Å². The number of para-hydroxylation sites is 1. The molecule has 0 spiro atoms. The summed E-state index contributed by atoms with van der Waals surface area (Å²) in [5.74, 6) is -0.658. The Bertz CT molecular complexity index is 476. The van der Waals surface area contributed by atoms with Gasteiger partial charge >= 0.3 is 0 Å². The molecule has 0 fully saturated rings. The van der Waals surface area contributed by atoms with Gasteiger partial charge < -0.3 is 14.6 Å². The van der Waals surface area contributed by atoms with Crippen molar-refractivity contribution in [1.29, 1.82) is 0 Å². The third kappa shape index (κ3) is 1.45. The first-order chi connectivity index (χ1) is 7.78. The SMILES string of the molecule is OC12COCC=CC1=Cc1ccccc1O2. The molecule has 16 heavy (non-hydrogen) atoms. The maximum Gasteiger partial charge on any atom is 0.258 e. The Morgan fingerprint density at radius 1 is 1.25 bits per heavy atom. The highest BCUT2D eigenvalue weighted by molar-refractivity contribution is 5.66. The minimum absolute atomic E-state index is 0.153. The molecule has 0 amide bonds. The number of rotatable bonds is 0. The van der Waals surface area contributed by atoms with E-state index >= 15 is 0 Å². The van der Waals surface area contributed by atoms with Crippen LogP contribution in [0, 0.1) is 0 Å². The zero-order valence-electron chi connectivity index (χ0n) is 8.72. The summed E-state index contributed by atoms with van der Waals surface area (Å²) >= 11 is 0. The summed E-state index contributed by atoms with van der Waals surface area (Å²) in [4.78, 5) is 0. The second kappa shape index (κ2) is 3.47. The van der Waals surface area contributed by atoms with Gasteiger partial charge in [0.2, 0.25) is 0 Å². The maximum absolute atomic E-state index is 10.4. The largest absolute Gasteiger partial charge is 0.455 e. The predicted octanol–water partition coefficient (Wildman–Crippen LogP) is 1.74. The molecule has 0 aliphatic carbocycles. The van der Waals surface area contributed by atoms with E-state index in [1.807, 2.05) is 42.5 Å². The van der Waals surface area contributed by atoms with Gasteiger partial charge in [0.15, 0.2) is 0 Å². The third-order valence-electron chi connectivity index (χ3n) is 2.77. The van der Waals surface area contributed by atoms with Gasteiger partial charge in [-0.05, 0) is 12.1 Å². The van der Waals surface area contributed by atoms with Crippen molar-refractivity contribution in [2.45, 2.75) is 5.79 Å². The van der Waals surface area contributed by atoms with Crippen molar-refractivity contribution < 1.29 is 14.6 Å². The number of aliphatic hydroxyl groups is 1. The average Bonchev–Trinajstić information content (AvgIpc) is 2.46. The molecule has 1 N–H and O–H groups in total. The Labute approximate surface area is 93.6 Å². The topological polar surface area (TPSA) is 38.7 Å². The van der Waals surface area contributed by atoms with Gasteiger partial charge in [-0.3, -0.25) is 0 Å². The Morgan fingerprint density at radius 3 is 3.06 bits per heavy atom. The van der Waals surface area contributed by atoms with E-state index in [0.717, 1.165) is 11.1 Å². The van der Waals surface area contributed by atoms with Crippen LogP contribution in [0.1, 0.15) is 5.56 Å². The van der Waals surface area contributed by atoms with Crippen molar-refractivity contribution >= 4 is 6.08 Å². The van der Waals surface area contributed by atoms with Gasteiger partial charge in [-0.25, -0.2) is 0 Å². The van der Waals surface area contributed by atoms with E-state index in [-0.39, 0.29) is 6.61 Å². The van der Waals surface area contributed by atoms with Crippen molar-refractivity contribution in [3.05, 3.63) is 47.6 Å². The monoisotopic (exact) mass is 216 g/mol. The van der Waals surface area contributed by atoms with Crippen LogP contribution in [0.4, 0.5) is 0 Å². The van der Waals surface area contributed by atoms with Crippen molar-refractivity contribution in [1.82, 2.24) is 0 Å². The van der Waals surface area contributed by atoms with E-state index in [1.165, 1.54) is 0 Å². The van der Waals surface area contributed by atoms with Gasteiger partial charge in [0, 0.05) is 11.1 Å². The summed E-state index contributed by atoms with van der Waals surface area (Å²) in [7, 11) is 0. The van der Waals surface area contributed by atoms with Crippen LogP contribution in [-0.4, -0.2) is 24.1 Å². The molecule has 3 nitrogen and oxygen atoms in total. The van der Waals surface area contributed by atoms with Gasteiger partial charge in [-0.15, -0.1) is 0 Å². The first-order valence-corrected chi connectivity index (χ1v) is 5.25. The summed E-state index contributed by atoms with van der Waals surface area (Å²) in [6.07, 6.45) is 5.66. The molecule has 2 aliphatic heterocycles. The van der Waals surface area contributed by atoms with Gasteiger partial charge in [0.05, 0.1) is 6.61 Å². The smallest absolute Gasteiger partial charge is 0.258 e. The number of benzene rings is 1. The fourth-order valence-electron chi connectivity index (χ4n) is 1.95. The van der Waals surface area contributed by atoms with Crippen molar-refractivity contribution in [2.24, 2.45) is 0 Å². The minimum Gasteiger partial charge on any atom is -0.455 e. The number of ether oxygens (including phenoxy) is 2. The summed E-state index contributed by atoms with van der Waals surface area (Å²) in [6.45, 7) is 0.652. The van der Waals surface area contributed by atoms with Crippen LogP contribution in [-0.2, 0) is 4.74 Å². The summed E-state index contributed by atoms with van der Waals surface area (Å²) in [5.41, 5.74) is 1.72. The zero-order valence-corrected chi connectivity index (χ0v) is 8.72. The van der Waals surface area contributed by atoms with Gasteiger partial charge in [0.1, 0.15) is 12.4 Å². The van der Waals surface area contributed by atoms with Gasteiger partial charge in [-0.2, -0.15) is 0 Å². The normalized spacial score (nSPS) is 27.2. The molecule has 1 atom stereocenters. The van der Waals surface area contributed by atoms with E-state index in [4.69, 9.17) is 9.47 Å². The molecule has 3 heteroatoms. The molecule has 0 saturated heterocycles.